The predicted molar refractivity (Wildman–Crippen MR) is 65.7 cm³/mol. The molecule has 2 fully saturated rings. The van der Waals surface area contributed by atoms with Crippen molar-refractivity contribution in [2.45, 2.75) is 38.8 Å². The van der Waals surface area contributed by atoms with Crippen molar-refractivity contribution in [3.8, 4) is 0 Å². The van der Waals surface area contributed by atoms with Crippen molar-refractivity contribution in [2.24, 2.45) is 0 Å². The Balaban J connectivity index is 1.58. The molecule has 1 unspecified atom stereocenters. The third-order valence-electron chi connectivity index (χ3n) is 3.95. The van der Waals surface area contributed by atoms with Gasteiger partial charge in [0, 0.05) is 25.7 Å². The normalized spacial score (nSPS) is 27.0. The summed E-state index contributed by atoms with van der Waals surface area (Å²) in [7, 11) is 0. The van der Waals surface area contributed by atoms with Gasteiger partial charge in [-0.2, -0.15) is 0 Å². The Labute approximate surface area is 103 Å². The molecule has 0 N–H and O–H groups in total. The molecule has 0 aliphatic carbocycles. The molecule has 0 bridgehead atoms. The van der Waals surface area contributed by atoms with Crippen molar-refractivity contribution in [1.82, 2.24) is 14.8 Å². The topological polar surface area (TPSA) is 32.5 Å². The lowest BCUT2D eigenvalue weighted by molar-refractivity contribution is 0.0417. The van der Waals surface area contributed by atoms with Crippen LogP contribution >= 0.6 is 0 Å². The first-order chi connectivity index (χ1) is 8.31. The Bertz CT molecular complexity index is 376. The zero-order chi connectivity index (χ0) is 11.7. The quantitative estimate of drug-likeness (QED) is 0.780. The van der Waals surface area contributed by atoms with Gasteiger partial charge in [0.2, 0.25) is 5.89 Å². The van der Waals surface area contributed by atoms with Crippen LogP contribution in [-0.2, 0) is 6.54 Å². The monoisotopic (exact) mass is 235 g/mol. The molecule has 2 saturated heterocycles. The summed E-state index contributed by atoms with van der Waals surface area (Å²) in [4.78, 5) is 9.43. The maximum atomic E-state index is 5.56. The van der Waals surface area contributed by atoms with Gasteiger partial charge in [-0.3, -0.25) is 9.80 Å². The SMILES string of the molecule is Cc1cnc(CN2CCN3CCCCC3C2)o1. The molecule has 0 aromatic carbocycles. The molecule has 1 aromatic rings. The molecule has 3 heterocycles. The summed E-state index contributed by atoms with van der Waals surface area (Å²) in [6, 6.07) is 0.772. The standard InChI is InChI=1S/C13H21N3O/c1-11-8-14-13(17-11)10-15-6-7-16-5-3-2-4-12(16)9-15/h8,12H,2-7,9-10H2,1H3. The molecule has 17 heavy (non-hydrogen) atoms. The van der Waals surface area contributed by atoms with E-state index in [1.807, 2.05) is 13.1 Å². The van der Waals surface area contributed by atoms with E-state index >= 15 is 0 Å². The Kier molecular flexibility index (Phi) is 3.16. The van der Waals surface area contributed by atoms with Gasteiger partial charge in [0.15, 0.2) is 0 Å². The molecule has 0 spiro atoms. The van der Waals surface area contributed by atoms with Crippen molar-refractivity contribution < 1.29 is 4.42 Å². The molecule has 1 aromatic heterocycles. The Hall–Kier alpha value is -0.870. The molecule has 0 radical (unpaired) electrons. The molecule has 2 aliphatic heterocycles. The minimum absolute atomic E-state index is 0.772. The first-order valence-electron chi connectivity index (χ1n) is 6.69. The number of aromatic nitrogens is 1. The van der Waals surface area contributed by atoms with E-state index in [9.17, 15) is 0 Å². The van der Waals surface area contributed by atoms with Gasteiger partial charge in [0.05, 0.1) is 12.7 Å². The highest BCUT2D eigenvalue weighted by molar-refractivity contribution is 4.92. The van der Waals surface area contributed by atoms with Crippen LogP contribution in [0.5, 0.6) is 0 Å². The zero-order valence-electron chi connectivity index (χ0n) is 10.6. The summed E-state index contributed by atoms with van der Waals surface area (Å²) in [5, 5.41) is 0. The fourth-order valence-electron chi connectivity index (χ4n) is 3.03. The average molecular weight is 235 g/mol. The number of hydrogen-bond donors (Lipinski definition) is 0. The van der Waals surface area contributed by atoms with Gasteiger partial charge in [-0.05, 0) is 26.3 Å². The molecule has 4 heteroatoms. The van der Waals surface area contributed by atoms with Crippen molar-refractivity contribution in [3.05, 3.63) is 17.8 Å². The number of nitrogens with zero attached hydrogens (tertiary/aromatic N) is 3. The summed E-state index contributed by atoms with van der Waals surface area (Å²) < 4.78 is 5.56. The molecule has 0 amide bonds. The van der Waals surface area contributed by atoms with Crippen LogP contribution in [0.1, 0.15) is 30.9 Å². The van der Waals surface area contributed by atoms with E-state index in [1.54, 1.807) is 0 Å². The summed E-state index contributed by atoms with van der Waals surface area (Å²) in [5.41, 5.74) is 0. The number of hydrogen-bond acceptors (Lipinski definition) is 4. The van der Waals surface area contributed by atoms with Gasteiger partial charge in [0.1, 0.15) is 5.76 Å². The van der Waals surface area contributed by atoms with Crippen LogP contribution in [-0.4, -0.2) is 47.0 Å². The highest BCUT2D eigenvalue weighted by atomic mass is 16.4. The van der Waals surface area contributed by atoms with Gasteiger partial charge in [0.25, 0.3) is 0 Å². The third-order valence-corrected chi connectivity index (χ3v) is 3.95. The molecule has 0 saturated carbocycles. The molecule has 2 aliphatic rings. The fraction of sp³-hybridized carbons (Fsp3) is 0.769. The Morgan fingerprint density at radius 1 is 1.35 bits per heavy atom. The van der Waals surface area contributed by atoms with Crippen molar-refractivity contribution in [2.75, 3.05) is 26.2 Å². The van der Waals surface area contributed by atoms with Gasteiger partial charge in [-0.1, -0.05) is 6.42 Å². The molecular formula is C13H21N3O. The van der Waals surface area contributed by atoms with Crippen LogP contribution in [0.15, 0.2) is 10.6 Å². The summed E-state index contributed by atoms with van der Waals surface area (Å²) >= 11 is 0. The van der Waals surface area contributed by atoms with E-state index in [0.717, 1.165) is 30.8 Å². The largest absolute Gasteiger partial charge is 0.445 e. The van der Waals surface area contributed by atoms with Crippen LogP contribution in [0.4, 0.5) is 0 Å². The van der Waals surface area contributed by atoms with E-state index in [0.29, 0.717) is 0 Å². The van der Waals surface area contributed by atoms with Crippen LogP contribution < -0.4 is 0 Å². The van der Waals surface area contributed by atoms with Gasteiger partial charge >= 0.3 is 0 Å². The highest BCUT2D eigenvalue weighted by Gasteiger charge is 2.29. The molecular weight excluding hydrogens is 214 g/mol. The Morgan fingerprint density at radius 3 is 3.12 bits per heavy atom. The number of piperidine rings is 1. The van der Waals surface area contributed by atoms with E-state index in [-0.39, 0.29) is 0 Å². The molecule has 4 nitrogen and oxygen atoms in total. The number of piperazine rings is 1. The minimum atomic E-state index is 0.772. The number of fused-ring (bicyclic) bond motifs is 1. The number of oxazole rings is 1. The number of rotatable bonds is 2. The second kappa shape index (κ2) is 4.78. The average Bonchev–Trinajstić information content (AvgIpc) is 2.75. The van der Waals surface area contributed by atoms with Crippen LogP contribution in [0.2, 0.25) is 0 Å². The van der Waals surface area contributed by atoms with E-state index in [2.05, 4.69) is 14.8 Å². The summed E-state index contributed by atoms with van der Waals surface area (Å²) in [5.74, 6) is 1.78. The van der Waals surface area contributed by atoms with Crippen LogP contribution in [0.3, 0.4) is 0 Å². The molecule has 3 rings (SSSR count). The van der Waals surface area contributed by atoms with E-state index < -0.39 is 0 Å². The van der Waals surface area contributed by atoms with Gasteiger partial charge in [-0.15, -0.1) is 0 Å². The molecule has 1 atom stereocenters. The first kappa shape index (κ1) is 11.2. The van der Waals surface area contributed by atoms with E-state index in [4.69, 9.17) is 4.42 Å². The first-order valence-corrected chi connectivity index (χ1v) is 6.69. The lowest BCUT2D eigenvalue weighted by atomic mass is 9.99. The number of aryl methyl sites for hydroxylation is 1. The highest BCUT2D eigenvalue weighted by Crippen LogP contribution is 2.21. The lowest BCUT2D eigenvalue weighted by Gasteiger charge is -2.43. The van der Waals surface area contributed by atoms with Crippen LogP contribution in [0.25, 0.3) is 0 Å². The lowest BCUT2D eigenvalue weighted by Crippen LogP contribution is -2.54. The summed E-state index contributed by atoms with van der Waals surface area (Å²) in [6.45, 7) is 7.67. The van der Waals surface area contributed by atoms with Gasteiger partial charge < -0.3 is 4.42 Å². The smallest absolute Gasteiger partial charge is 0.208 e. The maximum absolute atomic E-state index is 5.56. The zero-order valence-corrected chi connectivity index (χ0v) is 10.6. The summed E-state index contributed by atoms with van der Waals surface area (Å²) in [6.07, 6.45) is 5.95. The third kappa shape index (κ3) is 2.53. The second-order valence-electron chi connectivity index (χ2n) is 5.29. The molecule has 94 valence electrons. The maximum Gasteiger partial charge on any atom is 0.208 e. The van der Waals surface area contributed by atoms with E-state index in [1.165, 1.54) is 38.9 Å². The fourth-order valence-corrected chi connectivity index (χ4v) is 3.03. The van der Waals surface area contributed by atoms with Gasteiger partial charge in [-0.25, -0.2) is 4.98 Å². The van der Waals surface area contributed by atoms with Crippen molar-refractivity contribution in [3.63, 3.8) is 0 Å². The van der Waals surface area contributed by atoms with Crippen LogP contribution in [0, 0.1) is 6.92 Å². The van der Waals surface area contributed by atoms with Crippen molar-refractivity contribution >= 4 is 0 Å². The predicted octanol–water partition coefficient (Wildman–Crippen LogP) is 1.65. The van der Waals surface area contributed by atoms with Crippen molar-refractivity contribution in [1.29, 1.82) is 0 Å². The minimum Gasteiger partial charge on any atom is -0.445 e. The Morgan fingerprint density at radius 2 is 2.29 bits per heavy atom. The second-order valence-corrected chi connectivity index (χ2v) is 5.29.